The van der Waals surface area contributed by atoms with Crippen LogP contribution < -0.4 is 5.32 Å². The van der Waals surface area contributed by atoms with Gasteiger partial charge in [0, 0.05) is 25.3 Å². The van der Waals surface area contributed by atoms with Gasteiger partial charge in [-0.05, 0) is 18.8 Å². The summed E-state index contributed by atoms with van der Waals surface area (Å²) in [6, 6.07) is 0. The summed E-state index contributed by atoms with van der Waals surface area (Å²) in [6.07, 6.45) is 2.60. The van der Waals surface area contributed by atoms with Crippen molar-refractivity contribution < 1.29 is 9.59 Å². The molecule has 2 aliphatic carbocycles. The van der Waals surface area contributed by atoms with E-state index in [0.717, 1.165) is 19.3 Å². The van der Waals surface area contributed by atoms with Crippen molar-refractivity contribution in [3.63, 3.8) is 0 Å². The summed E-state index contributed by atoms with van der Waals surface area (Å²) in [6.45, 7) is 0. The first-order valence-corrected chi connectivity index (χ1v) is 4.46. The highest BCUT2D eigenvalue weighted by Gasteiger charge is 2.48. The topological polar surface area (TPSA) is 46.2 Å². The van der Waals surface area contributed by atoms with E-state index in [1.807, 2.05) is 0 Å². The molecule has 3 atom stereocenters. The van der Waals surface area contributed by atoms with Gasteiger partial charge in [-0.1, -0.05) is 0 Å². The van der Waals surface area contributed by atoms with Gasteiger partial charge in [0.05, 0.1) is 0 Å². The van der Waals surface area contributed by atoms with Crippen LogP contribution >= 0.6 is 0 Å². The van der Waals surface area contributed by atoms with E-state index in [-0.39, 0.29) is 17.7 Å². The number of fused-ring (bicyclic) bond motifs is 2. The number of rotatable bonds is 1. The number of hydrogen-bond donors (Lipinski definition) is 1. The van der Waals surface area contributed by atoms with Crippen molar-refractivity contribution in [2.45, 2.75) is 19.3 Å². The number of ketones is 1. The van der Waals surface area contributed by atoms with Crippen molar-refractivity contribution in [3.05, 3.63) is 0 Å². The SMILES string of the molecule is CNC(=O)[C@@H]1C[C@H]2CC(=O)[C@H]1C2. The Kier molecular flexibility index (Phi) is 1.67. The Morgan fingerprint density at radius 2 is 2.25 bits per heavy atom. The smallest absolute Gasteiger partial charge is 0.223 e. The van der Waals surface area contributed by atoms with E-state index in [1.165, 1.54) is 0 Å². The van der Waals surface area contributed by atoms with Crippen LogP contribution in [0.3, 0.4) is 0 Å². The van der Waals surface area contributed by atoms with Gasteiger partial charge in [-0.2, -0.15) is 0 Å². The lowest BCUT2D eigenvalue weighted by Gasteiger charge is -2.18. The molecule has 0 spiro atoms. The van der Waals surface area contributed by atoms with Crippen molar-refractivity contribution >= 4 is 11.7 Å². The third-order valence-electron chi connectivity index (χ3n) is 3.15. The predicted molar refractivity (Wildman–Crippen MR) is 43.4 cm³/mol. The Labute approximate surface area is 71.5 Å². The second-order valence-corrected chi connectivity index (χ2v) is 3.84. The van der Waals surface area contributed by atoms with E-state index in [9.17, 15) is 9.59 Å². The van der Waals surface area contributed by atoms with Gasteiger partial charge >= 0.3 is 0 Å². The maximum absolute atomic E-state index is 11.3. The van der Waals surface area contributed by atoms with Crippen molar-refractivity contribution in [1.29, 1.82) is 0 Å². The van der Waals surface area contributed by atoms with Gasteiger partial charge < -0.3 is 5.32 Å². The molecule has 0 unspecified atom stereocenters. The summed E-state index contributed by atoms with van der Waals surface area (Å²) in [5, 5.41) is 2.62. The standard InChI is InChI=1S/C9H13NO2/c1-10-9(12)7-3-5-2-6(7)8(11)4-5/h5-7H,2-4H2,1H3,(H,10,12)/t5-,6-,7+/m0/s1. The third kappa shape index (κ3) is 0.958. The Morgan fingerprint density at radius 3 is 2.75 bits per heavy atom. The molecule has 2 saturated carbocycles. The van der Waals surface area contributed by atoms with Gasteiger partial charge in [0.2, 0.25) is 5.91 Å². The third-order valence-corrected chi connectivity index (χ3v) is 3.15. The second-order valence-electron chi connectivity index (χ2n) is 3.84. The monoisotopic (exact) mass is 167 g/mol. The minimum atomic E-state index is -0.0127. The van der Waals surface area contributed by atoms with Crippen LogP contribution in [-0.4, -0.2) is 18.7 Å². The van der Waals surface area contributed by atoms with Crippen LogP contribution in [0.15, 0.2) is 0 Å². The summed E-state index contributed by atoms with van der Waals surface area (Å²) in [5.74, 6) is 0.899. The molecular weight excluding hydrogens is 154 g/mol. The molecule has 0 aromatic carbocycles. The first kappa shape index (κ1) is 7.77. The van der Waals surface area contributed by atoms with Crippen molar-refractivity contribution in [1.82, 2.24) is 5.32 Å². The molecule has 2 bridgehead atoms. The molecular formula is C9H13NO2. The van der Waals surface area contributed by atoms with Gasteiger partial charge in [0.1, 0.15) is 5.78 Å². The maximum atomic E-state index is 11.3. The first-order chi connectivity index (χ1) is 5.72. The molecule has 0 radical (unpaired) electrons. The summed E-state index contributed by atoms with van der Waals surface area (Å²) in [7, 11) is 1.64. The summed E-state index contributed by atoms with van der Waals surface area (Å²) in [4.78, 5) is 22.6. The molecule has 2 aliphatic rings. The highest BCUT2D eigenvalue weighted by Crippen LogP contribution is 2.46. The number of hydrogen-bond acceptors (Lipinski definition) is 2. The van der Waals surface area contributed by atoms with Gasteiger partial charge in [-0.3, -0.25) is 9.59 Å². The average Bonchev–Trinajstić information content (AvgIpc) is 2.60. The van der Waals surface area contributed by atoms with Gasteiger partial charge in [0.15, 0.2) is 0 Å². The zero-order chi connectivity index (χ0) is 8.72. The average molecular weight is 167 g/mol. The van der Waals surface area contributed by atoms with E-state index in [2.05, 4.69) is 5.32 Å². The molecule has 0 heterocycles. The minimum Gasteiger partial charge on any atom is -0.359 e. The minimum absolute atomic E-state index is 0.0127. The van der Waals surface area contributed by atoms with Gasteiger partial charge in [-0.25, -0.2) is 0 Å². The molecule has 0 saturated heterocycles. The predicted octanol–water partition coefficient (Wildman–Crippen LogP) is 0.348. The number of amides is 1. The van der Waals surface area contributed by atoms with Crippen molar-refractivity contribution in [2.75, 3.05) is 7.05 Å². The molecule has 2 rings (SSSR count). The Hall–Kier alpha value is -0.860. The van der Waals surface area contributed by atoms with E-state index in [4.69, 9.17) is 0 Å². The zero-order valence-electron chi connectivity index (χ0n) is 7.17. The lowest BCUT2D eigenvalue weighted by molar-refractivity contribution is -0.132. The molecule has 2 fully saturated rings. The van der Waals surface area contributed by atoms with Crippen LogP contribution in [0.2, 0.25) is 0 Å². The fourth-order valence-corrected chi connectivity index (χ4v) is 2.58. The molecule has 0 aromatic rings. The first-order valence-electron chi connectivity index (χ1n) is 4.46. The second kappa shape index (κ2) is 2.57. The number of carbonyl (C=O) groups is 2. The Balaban J connectivity index is 2.12. The fourth-order valence-electron chi connectivity index (χ4n) is 2.58. The summed E-state index contributed by atoms with van der Waals surface area (Å²) < 4.78 is 0. The molecule has 66 valence electrons. The summed E-state index contributed by atoms with van der Waals surface area (Å²) in [5.41, 5.74) is 0. The quantitative estimate of drug-likeness (QED) is 0.612. The zero-order valence-corrected chi connectivity index (χ0v) is 7.17. The van der Waals surface area contributed by atoms with E-state index < -0.39 is 0 Å². The van der Waals surface area contributed by atoms with Crippen LogP contribution in [0.4, 0.5) is 0 Å². The largest absolute Gasteiger partial charge is 0.359 e. The molecule has 0 aliphatic heterocycles. The molecule has 1 amide bonds. The van der Waals surface area contributed by atoms with Crippen LogP contribution in [0.1, 0.15) is 19.3 Å². The number of carbonyl (C=O) groups excluding carboxylic acids is 2. The van der Waals surface area contributed by atoms with Gasteiger partial charge in [0.25, 0.3) is 0 Å². The lowest BCUT2D eigenvalue weighted by atomic mass is 9.87. The fraction of sp³-hybridized carbons (Fsp3) is 0.778. The Bertz CT molecular complexity index is 237. The maximum Gasteiger partial charge on any atom is 0.223 e. The normalized spacial score (nSPS) is 38.8. The highest BCUT2D eigenvalue weighted by atomic mass is 16.2. The van der Waals surface area contributed by atoms with Crippen LogP contribution in [0.25, 0.3) is 0 Å². The number of nitrogens with one attached hydrogen (secondary N) is 1. The van der Waals surface area contributed by atoms with E-state index >= 15 is 0 Å². The molecule has 1 N–H and O–H groups in total. The van der Waals surface area contributed by atoms with Crippen molar-refractivity contribution in [3.8, 4) is 0 Å². The van der Waals surface area contributed by atoms with E-state index in [1.54, 1.807) is 7.05 Å². The highest BCUT2D eigenvalue weighted by molar-refractivity contribution is 5.91. The molecule has 12 heavy (non-hydrogen) atoms. The summed E-state index contributed by atoms with van der Waals surface area (Å²) >= 11 is 0. The van der Waals surface area contributed by atoms with Crippen molar-refractivity contribution in [2.24, 2.45) is 17.8 Å². The molecule has 0 aromatic heterocycles. The Morgan fingerprint density at radius 1 is 1.50 bits per heavy atom. The number of Topliss-reactive ketones (excluding diaryl/α,β-unsaturated/α-hetero) is 1. The lowest BCUT2D eigenvalue weighted by Crippen LogP contribution is -2.34. The van der Waals surface area contributed by atoms with E-state index in [0.29, 0.717) is 11.7 Å². The van der Waals surface area contributed by atoms with Gasteiger partial charge in [-0.15, -0.1) is 0 Å². The van der Waals surface area contributed by atoms with Crippen LogP contribution in [0.5, 0.6) is 0 Å². The molecule has 3 heteroatoms. The van der Waals surface area contributed by atoms with Crippen LogP contribution in [-0.2, 0) is 9.59 Å². The molecule has 3 nitrogen and oxygen atoms in total. The van der Waals surface area contributed by atoms with Crippen LogP contribution in [0, 0.1) is 17.8 Å².